The minimum atomic E-state index is -0.949. The lowest BCUT2D eigenvalue weighted by atomic mass is 10.1. The molecule has 1 heterocycles. The molecule has 0 spiro atoms. The average molecular weight is 241 g/mol. The molecular weight excluding hydrogens is 230 g/mol. The highest BCUT2D eigenvalue weighted by Crippen LogP contribution is 2.47. The number of nitriles is 1. The van der Waals surface area contributed by atoms with Crippen molar-refractivity contribution in [3.05, 3.63) is 30.1 Å². The van der Waals surface area contributed by atoms with Crippen molar-refractivity contribution in [1.82, 2.24) is 9.55 Å². The predicted molar refractivity (Wildman–Crippen MR) is 64.1 cm³/mol. The van der Waals surface area contributed by atoms with Gasteiger partial charge in [0.05, 0.1) is 41.0 Å². The summed E-state index contributed by atoms with van der Waals surface area (Å²) >= 11 is 0. The lowest BCUT2D eigenvalue weighted by Gasteiger charge is -2.14. The summed E-state index contributed by atoms with van der Waals surface area (Å²) in [5.41, 5.74) is 1.64. The van der Waals surface area contributed by atoms with E-state index in [0.717, 1.165) is 23.9 Å². The molecule has 1 aromatic carbocycles. The zero-order valence-electron chi connectivity index (χ0n) is 9.63. The van der Waals surface area contributed by atoms with E-state index in [1.807, 2.05) is 4.57 Å². The maximum Gasteiger partial charge on any atom is 0.335 e. The van der Waals surface area contributed by atoms with Crippen LogP contribution in [0.15, 0.2) is 24.5 Å². The first kappa shape index (κ1) is 10.8. The molecular formula is C13H11N3O2. The van der Waals surface area contributed by atoms with Gasteiger partial charge in [-0.15, -0.1) is 0 Å². The summed E-state index contributed by atoms with van der Waals surface area (Å²) in [5.74, 6) is -0.949. The Kier molecular flexibility index (Phi) is 2.14. The summed E-state index contributed by atoms with van der Waals surface area (Å²) in [7, 11) is 0. The minimum Gasteiger partial charge on any atom is -0.478 e. The largest absolute Gasteiger partial charge is 0.478 e. The number of carboxylic acids is 1. The van der Waals surface area contributed by atoms with Crippen molar-refractivity contribution in [1.29, 1.82) is 5.26 Å². The molecule has 0 saturated heterocycles. The number of carboxylic acid groups (broad SMARTS) is 1. The number of benzene rings is 1. The zero-order valence-corrected chi connectivity index (χ0v) is 9.63. The fourth-order valence-electron chi connectivity index (χ4n) is 2.31. The Morgan fingerprint density at radius 2 is 2.33 bits per heavy atom. The molecule has 0 atom stereocenters. The third-order valence-electron chi connectivity index (χ3n) is 3.54. The Morgan fingerprint density at radius 1 is 1.56 bits per heavy atom. The van der Waals surface area contributed by atoms with Crippen LogP contribution in [-0.4, -0.2) is 20.6 Å². The van der Waals surface area contributed by atoms with Crippen LogP contribution in [0, 0.1) is 11.3 Å². The molecule has 1 fully saturated rings. The third kappa shape index (κ3) is 1.46. The van der Waals surface area contributed by atoms with E-state index in [4.69, 9.17) is 10.4 Å². The SMILES string of the molecule is N#CCC1(n2cnc3ccc(C(=O)O)cc32)CC1. The number of imidazole rings is 1. The summed E-state index contributed by atoms with van der Waals surface area (Å²) in [6, 6.07) is 7.08. The molecule has 5 nitrogen and oxygen atoms in total. The zero-order chi connectivity index (χ0) is 12.8. The van der Waals surface area contributed by atoms with E-state index in [2.05, 4.69) is 11.1 Å². The Hall–Kier alpha value is -2.35. The van der Waals surface area contributed by atoms with Gasteiger partial charge in [-0.05, 0) is 31.0 Å². The van der Waals surface area contributed by atoms with Crippen molar-refractivity contribution >= 4 is 17.0 Å². The Labute approximate surface area is 103 Å². The maximum absolute atomic E-state index is 11.0. The number of aromatic nitrogens is 2. The van der Waals surface area contributed by atoms with E-state index in [1.54, 1.807) is 24.5 Å². The van der Waals surface area contributed by atoms with Crippen LogP contribution >= 0.6 is 0 Å². The van der Waals surface area contributed by atoms with E-state index >= 15 is 0 Å². The normalized spacial score (nSPS) is 16.4. The van der Waals surface area contributed by atoms with Crippen LogP contribution in [0.2, 0.25) is 0 Å². The van der Waals surface area contributed by atoms with Gasteiger partial charge in [0.2, 0.25) is 0 Å². The van der Waals surface area contributed by atoms with Crippen molar-refractivity contribution in [3.63, 3.8) is 0 Å². The number of rotatable bonds is 3. The summed E-state index contributed by atoms with van der Waals surface area (Å²) in [4.78, 5) is 15.3. The lowest BCUT2D eigenvalue weighted by molar-refractivity contribution is 0.0697. The molecule has 2 aromatic rings. The maximum atomic E-state index is 11.0. The molecule has 1 saturated carbocycles. The summed E-state index contributed by atoms with van der Waals surface area (Å²) in [6.07, 6.45) is 4.04. The molecule has 0 bridgehead atoms. The predicted octanol–water partition coefficient (Wildman–Crippen LogP) is 2.14. The molecule has 3 rings (SSSR count). The first-order chi connectivity index (χ1) is 8.66. The minimum absolute atomic E-state index is 0.166. The number of hydrogen-bond donors (Lipinski definition) is 1. The second-order valence-electron chi connectivity index (χ2n) is 4.68. The Bertz CT molecular complexity index is 677. The van der Waals surface area contributed by atoms with E-state index in [1.165, 1.54) is 0 Å². The van der Waals surface area contributed by atoms with Crippen LogP contribution in [0.25, 0.3) is 11.0 Å². The van der Waals surface area contributed by atoms with Crippen LogP contribution in [0.5, 0.6) is 0 Å². The van der Waals surface area contributed by atoms with E-state index in [0.29, 0.717) is 6.42 Å². The molecule has 1 aromatic heterocycles. The van der Waals surface area contributed by atoms with E-state index in [9.17, 15) is 4.79 Å². The van der Waals surface area contributed by atoms with Gasteiger partial charge in [0, 0.05) is 0 Å². The van der Waals surface area contributed by atoms with Crippen molar-refractivity contribution in [2.24, 2.45) is 0 Å². The van der Waals surface area contributed by atoms with Gasteiger partial charge in [-0.25, -0.2) is 9.78 Å². The Morgan fingerprint density at radius 3 is 2.94 bits per heavy atom. The summed E-state index contributed by atoms with van der Waals surface area (Å²) in [5, 5.41) is 17.9. The molecule has 90 valence electrons. The monoisotopic (exact) mass is 241 g/mol. The molecule has 0 amide bonds. The smallest absolute Gasteiger partial charge is 0.335 e. The number of nitrogens with zero attached hydrogens (tertiary/aromatic N) is 3. The van der Waals surface area contributed by atoms with Crippen LogP contribution in [-0.2, 0) is 5.54 Å². The number of carbonyl (C=O) groups is 1. The summed E-state index contributed by atoms with van der Waals surface area (Å²) < 4.78 is 1.96. The Balaban J connectivity index is 2.16. The van der Waals surface area contributed by atoms with Crippen LogP contribution in [0.1, 0.15) is 29.6 Å². The van der Waals surface area contributed by atoms with Gasteiger partial charge in [-0.2, -0.15) is 5.26 Å². The molecule has 1 N–H and O–H groups in total. The van der Waals surface area contributed by atoms with Gasteiger partial charge in [0.1, 0.15) is 0 Å². The second kappa shape index (κ2) is 3.57. The number of aromatic carboxylic acids is 1. The molecule has 18 heavy (non-hydrogen) atoms. The van der Waals surface area contributed by atoms with E-state index in [-0.39, 0.29) is 11.1 Å². The van der Waals surface area contributed by atoms with Crippen molar-refractivity contribution in [2.75, 3.05) is 0 Å². The van der Waals surface area contributed by atoms with Gasteiger partial charge >= 0.3 is 5.97 Å². The highest BCUT2D eigenvalue weighted by atomic mass is 16.4. The van der Waals surface area contributed by atoms with Gasteiger partial charge in [-0.1, -0.05) is 0 Å². The molecule has 5 heteroatoms. The third-order valence-corrected chi connectivity index (χ3v) is 3.54. The van der Waals surface area contributed by atoms with Crippen molar-refractivity contribution < 1.29 is 9.90 Å². The van der Waals surface area contributed by atoms with E-state index < -0.39 is 5.97 Å². The van der Waals surface area contributed by atoms with Crippen LogP contribution in [0.3, 0.4) is 0 Å². The average Bonchev–Trinajstić information content (AvgIpc) is 3.00. The lowest BCUT2D eigenvalue weighted by Crippen LogP contribution is -2.15. The second-order valence-corrected chi connectivity index (χ2v) is 4.68. The van der Waals surface area contributed by atoms with Gasteiger partial charge in [-0.3, -0.25) is 0 Å². The summed E-state index contributed by atoms with van der Waals surface area (Å²) in [6.45, 7) is 0. The molecule has 0 radical (unpaired) electrons. The molecule has 0 unspecified atom stereocenters. The number of fused-ring (bicyclic) bond motifs is 1. The molecule has 1 aliphatic carbocycles. The standard InChI is InChI=1S/C13H11N3O2/c14-6-5-13(3-4-13)16-8-15-10-2-1-9(12(17)18)7-11(10)16/h1-2,7-8H,3-5H2,(H,17,18). The van der Waals surface area contributed by atoms with Gasteiger partial charge in [0.25, 0.3) is 0 Å². The fourth-order valence-corrected chi connectivity index (χ4v) is 2.31. The topological polar surface area (TPSA) is 78.9 Å². The highest BCUT2D eigenvalue weighted by Gasteiger charge is 2.45. The molecule has 0 aliphatic heterocycles. The molecule has 1 aliphatic rings. The van der Waals surface area contributed by atoms with Gasteiger partial charge in [0.15, 0.2) is 0 Å². The van der Waals surface area contributed by atoms with Gasteiger partial charge < -0.3 is 9.67 Å². The first-order valence-electron chi connectivity index (χ1n) is 5.74. The first-order valence-corrected chi connectivity index (χ1v) is 5.74. The fraction of sp³-hybridized carbons (Fsp3) is 0.308. The van der Waals surface area contributed by atoms with Crippen LogP contribution in [0.4, 0.5) is 0 Å². The highest BCUT2D eigenvalue weighted by molar-refractivity contribution is 5.92. The quantitative estimate of drug-likeness (QED) is 0.892. The van der Waals surface area contributed by atoms with Crippen LogP contribution < -0.4 is 0 Å². The van der Waals surface area contributed by atoms with Crippen molar-refractivity contribution in [3.8, 4) is 6.07 Å². The number of hydrogen-bond acceptors (Lipinski definition) is 3. The van der Waals surface area contributed by atoms with Crippen molar-refractivity contribution in [2.45, 2.75) is 24.8 Å².